The molecule has 20 heavy (non-hydrogen) atoms. The molecule has 110 valence electrons. The Balaban J connectivity index is 3.09. The molecule has 0 aliphatic heterocycles. The Hall–Kier alpha value is -1.75. The Morgan fingerprint density at radius 3 is 2.55 bits per heavy atom. The van der Waals surface area contributed by atoms with E-state index < -0.39 is 10.7 Å². The number of nitro groups is 1. The third kappa shape index (κ3) is 4.74. The lowest BCUT2D eigenvalue weighted by atomic mass is 9.99. The number of hydrogen-bond acceptors (Lipinski definition) is 3. The van der Waals surface area contributed by atoms with E-state index in [1.54, 1.807) is 6.08 Å². The number of rotatable bonds is 6. The third-order valence-electron chi connectivity index (χ3n) is 2.99. The summed E-state index contributed by atoms with van der Waals surface area (Å²) in [6, 6.07) is 3.91. The van der Waals surface area contributed by atoms with Gasteiger partial charge in [-0.3, -0.25) is 10.1 Å². The third-order valence-corrected chi connectivity index (χ3v) is 2.99. The number of nitrogens with one attached hydrogen (secondary N) is 1. The average Bonchev–Trinajstić information content (AvgIpc) is 2.35. The molecular formula is C15H21FN2O2. The van der Waals surface area contributed by atoms with Crippen molar-refractivity contribution in [3.05, 3.63) is 45.3 Å². The van der Waals surface area contributed by atoms with E-state index in [2.05, 4.69) is 5.32 Å². The topological polar surface area (TPSA) is 55.2 Å². The van der Waals surface area contributed by atoms with Crippen molar-refractivity contribution in [3.63, 3.8) is 0 Å². The summed E-state index contributed by atoms with van der Waals surface area (Å²) in [5, 5.41) is 14.0. The van der Waals surface area contributed by atoms with Crippen LogP contribution in [0.4, 0.5) is 10.1 Å². The standard InChI is InChI=1S/C15H21FN2O2/c1-10(2)13(9-17-11(3)4)7-12-8-14(18(19)20)5-6-15(12)16/h5-8,10-11,17H,9H2,1-4H3/b13-7-. The predicted octanol–water partition coefficient (Wildman–Crippen LogP) is 3.77. The fourth-order valence-corrected chi connectivity index (χ4v) is 1.70. The van der Waals surface area contributed by atoms with Crippen LogP contribution < -0.4 is 5.32 Å². The number of halogens is 1. The second kappa shape index (κ2) is 7.14. The molecule has 0 heterocycles. The van der Waals surface area contributed by atoms with Crippen molar-refractivity contribution in [1.29, 1.82) is 0 Å². The quantitative estimate of drug-likeness (QED) is 0.637. The van der Waals surface area contributed by atoms with Gasteiger partial charge in [0.1, 0.15) is 5.82 Å². The number of hydrogen-bond donors (Lipinski definition) is 1. The van der Waals surface area contributed by atoms with Gasteiger partial charge in [0.2, 0.25) is 0 Å². The first-order valence-electron chi connectivity index (χ1n) is 6.69. The van der Waals surface area contributed by atoms with Gasteiger partial charge in [0.15, 0.2) is 0 Å². The van der Waals surface area contributed by atoms with Crippen molar-refractivity contribution in [3.8, 4) is 0 Å². The molecular weight excluding hydrogens is 259 g/mol. The molecule has 5 heteroatoms. The van der Waals surface area contributed by atoms with Gasteiger partial charge in [-0.1, -0.05) is 39.3 Å². The lowest BCUT2D eigenvalue weighted by Crippen LogP contribution is -2.26. The van der Waals surface area contributed by atoms with E-state index in [0.717, 1.165) is 11.6 Å². The number of benzene rings is 1. The maximum Gasteiger partial charge on any atom is 0.270 e. The van der Waals surface area contributed by atoms with Crippen LogP contribution >= 0.6 is 0 Å². The van der Waals surface area contributed by atoms with Gasteiger partial charge in [-0.2, -0.15) is 0 Å². The summed E-state index contributed by atoms with van der Waals surface area (Å²) in [7, 11) is 0. The lowest BCUT2D eigenvalue weighted by molar-refractivity contribution is -0.384. The van der Waals surface area contributed by atoms with E-state index in [4.69, 9.17) is 0 Å². The first kappa shape index (κ1) is 16.3. The molecule has 0 radical (unpaired) electrons. The lowest BCUT2D eigenvalue weighted by Gasteiger charge is -2.15. The van der Waals surface area contributed by atoms with Crippen molar-refractivity contribution in [2.45, 2.75) is 33.7 Å². The van der Waals surface area contributed by atoms with E-state index in [9.17, 15) is 14.5 Å². The second-order valence-electron chi connectivity index (χ2n) is 5.37. The minimum atomic E-state index is -0.516. The maximum absolute atomic E-state index is 13.8. The number of non-ortho nitro benzene ring substituents is 1. The zero-order valence-corrected chi connectivity index (χ0v) is 12.3. The van der Waals surface area contributed by atoms with Gasteiger partial charge in [-0.15, -0.1) is 0 Å². The largest absolute Gasteiger partial charge is 0.311 e. The number of nitrogens with zero attached hydrogens (tertiary/aromatic N) is 1. The molecule has 1 aromatic carbocycles. The van der Waals surface area contributed by atoms with Crippen LogP contribution in [0.3, 0.4) is 0 Å². The maximum atomic E-state index is 13.8. The monoisotopic (exact) mass is 280 g/mol. The van der Waals surface area contributed by atoms with Crippen LogP contribution in [-0.4, -0.2) is 17.5 Å². The van der Waals surface area contributed by atoms with Crippen molar-refractivity contribution in [2.75, 3.05) is 6.54 Å². The molecule has 0 unspecified atom stereocenters. The highest BCUT2D eigenvalue weighted by Gasteiger charge is 2.11. The molecule has 1 N–H and O–H groups in total. The molecule has 0 spiro atoms. The van der Waals surface area contributed by atoms with E-state index >= 15 is 0 Å². The Morgan fingerprint density at radius 2 is 2.05 bits per heavy atom. The summed E-state index contributed by atoms with van der Waals surface area (Å²) in [5.74, 6) is -0.210. The summed E-state index contributed by atoms with van der Waals surface area (Å²) < 4.78 is 13.8. The first-order chi connectivity index (χ1) is 9.31. The van der Waals surface area contributed by atoms with Crippen LogP contribution in [0.2, 0.25) is 0 Å². The predicted molar refractivity (Wildman–Crippen MR) is 79.0 cm³/mol. The zero-order chi connectivity index (χ0) is 15.3. The SMILES string of the molecule is CC(C)NC/C(=C/c1cc([N+](=O)[O-])ccc1F)C(C)C. The molecule has 0 fully saturated rings. The summed E-state index contributed by atoms with van der Waals surface area (Å²) in [5.41, 5.74) is 1.17. The summed E-state index contributed by atoms with van der Waals surface area (Å²) in [6.45, 7) is 8.74. The highest BCUT2D eigenvalue weighted by atomic mass is 19.1. The zero-order valence-electron chi connectivity index (χ0n) is 12.3. The van der Waals surface area contributed by atoms with Gasteiger partial charge in [-0.05, 0) is 12.0 Å². The van der Waals surface area contributed by atoms with Crippen LogP contribution in [0.25, 0.3) is 6.08 Å². The Morgan fingerprint density at radius 1 is 1.40 bits per heavy atom. The van der Waals surface area contributed by atoms with Crippen LogP contribution in [0.15, 0.2) is 23.8 Å². The van der Waals surface area contributed by atoms with Crippen LogP contribution in [0.5, 0.6) is 0 Å². The Labute approximate surface area is 118 Å². The van der Waals surface area contributed by atoms with E-state index in [1.165, 1.54) is 12.1 Å². The van der Waals surface area contributed by atoms with E-state index in [1.807, 2.05) is 27.7 Å². The minimum absolute atomic E-state index is 0.0995. The van der Waals surface area contributed by atoms with E-state index in [-0.39, 0.29) is 17.2 Å². The fourth-order valence-electron chi connectivity index (χ4n) is 1.70. The molecule has 0 bridgehead atoms. The van der Waals surface area contributed by atoms with Crippen LogP contribution in [0, 0.1) is 21.8 Å². The van der Waals surface area contributed by atoms with Gasteiger partial charge in [0, 0.05) is 30.3 Å². The molecule has 4 nitrogen and oxygen atoms in total. The van der Waals surface area contributed by atoms with Crippen LogP contribution in [0.1, 0.15) is 33.3 Å². The molecule has 0 aliphatic carbocycles. The first-order valence-corrected chi connectivity index (χ1v) is 6.69. The molecule has 1 aromatic rings. The summed E-state index contributed by atoms with van der Waals surface area (Å²) >= 11 is 0. The van der Waals surface area contributed by atoms with Crippen molar-refractivity contribution < 1.29 is 9.31 Å². The van der Waals surface area contributed by atoms with Crippen molar-refractivity contribution in [2.24, 2.45) is 5.92 Å². The molecule has 1 rings (SSSR count). The highest BCUT2D eigenvalue weighted by molar-refractivity contribution is 5.57. The molecule has 0 saturated carbocycles. The average molecular weight is 280 g/mol. The normalized spacial score (nSPS) is 12.2. The van der Waals surface area contributed by atoms with Gasteiger partial charge < -0.3 is 5.32 Å². The van der Waals surface area contributed by atoms with Gasteiger partial charge >= 0.3 is 0 Å². The van der Waals surface area contributed by atoms with Gasteiger partial charge in [-0.25, -0.2) is 4.39 Å². The fraction of sp³-hybridized carbons (Fsp3) is 0.467. The van der Waals surface area contributed by atoms with Crippen molar-refractivity contribution >= 4 is 11.8 Å². The number of nitro benzene ring substituents is 1. The molecule has 0 saturated heterocycles. The Kier molecular flexibility index (Phi) is 5.82. The van der Waals surface area contributed by atoms with Gasteiger partial charge in [0.25, 0.3) is 5.69 Å². The minimum Gasteiger partial charge on any atom is -0.311 e. The summed E-state index contributed by atoms with van der Waals surface area (Å²) in [6.07, 6.45) is 1.70. The molecule has 0 atom stereocenters. The Bertz CT molecular complexity index is 511. The summed E-state index contributed by atoms with van der Waals surface area (Å²) in [4.78, 5) is 10.2. The van der Waals surface area contributed by atoms with Crippen LogP contribution in [-0.2, 0) is 0 Å². The van der Waals surface area contributed by atoms with Gasteiger partial charge in [0.05, 0.1) is 4.92 Å². The molecule has 0 amide bonds. The smallest absolute Gasteiger partial charge is 0.270 e. The van der Waals surface area contributed by atoms with E-state index in [0.29, 0.717) is 12.6 Å². The second-order valence-corrected chi connectivity index (χ2v) is 5.37. The molecule has 0 aliphatic rings. The van der Waals surface area contributed by atoms with Crippen molar-refractivity contribution in [1.82, 2.24) is 5.32 Å². The molecule has 0 aromatic heterocycles. The highest BCUT2D eigenvalue weighted by Crippen LogP contribution is 2.21.